The van der Waals surface area contributed by atoms with Gasteiger partial charge in [0.05, 0.1) is 13.2 Å². The predicted octanol–water partition coefficient (Wildman–Crippen LogP) is 1.47. The second-order valence-electron chi connectivity index (χ2n) is 5.12. The Morgan fingerprint density at radius 3 is 2.90 bits per heavy atom. The molecule has 1 aliphatic heterocycles. The molecule has 0 saturated carbocycles. The van der Waals surface area contributed by atoms with Gasteiger partial charge in [-0.05, 0) is 31.9 Å². The van der Waals surface area contributed by atoms with E-state index in [0.29, 0.717) is 18.7 Å². The van der Waals surface area contributed by atoms with Crippen LogP contribution in [0.5, 0.6) is 0 Å². The molecule has 1 unspecified atom stereocenters. The van der Waals surface area contributed by atoms with Crippen molar-refractivity contribution < 1.29 is 23.2 Å². The lowest BCUT2D eigenvalue weighted by Gasteiger charge is -2.31. The first-order chi connectivity index (χ1) is 9.61. The molecule has 0 radical (unpaired) electrons. The zero-order chi connectivity index (χ0) is 14.5. The first kappa shape index (κ1) is 14.9. The number of nitrogens with one attached hydrogen (secondary N) is 1. The summed E-state index contributed by atoms with van der Waals surface area (Å²) in [5.41, 5.74) is 0.442. The van der Waals surface area contributed by atoms with Gasteiger partial charge in [-0.3, -0.25) is 0 Å². The molecule has 1 aromatic rings. The molecule has 1 fully saturated rings. The molecule has 0 aliphatic carbocycles. The molecule has 0 aromatic heterocycles. The summed E-state index contributed by atoms with van der Waals surface area (Å²) in [4.78, 5) is 12.9. The Kier molecular flexibility index (Phi) is 5.06. The van der Waals surface area contributed by atoms with Gasteiger partial charge in [0, 0.05) is 18.1 Å². The Hall–Kier alpha value is -1.49. The summed E-state index contributed by atoms with van der Waals surface area (Å²) in [5, 5.41) is 0. The molecule has 20 heavy (non-hydrogen) atoms. The third-order valence-electron chi connectivity index (χ3n) is 3.74. The number of esters is 1. The van der Waals surface area contributed by atoms with Gasteiger partial charge in [0.25, 0.3) is 0 Å². The van der Waals surface area contributed by atoms with Crippen LogP contribution >= 0.6 is 0 Å². The first-order valence-corrected chi connectivity index (χ1v) is 7.07. The number of quaternary nitrogens is 1. The number of rotatable bonds is 4. The molecule has 1 N–H and O–H groups in total. The highest BCUT2D eigenvalue weighted by atomic mass is 19.1. The Morgan fingerprint density at radius 1 is 1.40 bits per heavy atom. The van der Waals surface area contributed by atoms with Crippen molar-refractivity contribution in [2.75, 3.05) is 13.2 Å². The second kappa shape index (κ2) is 6.79. The number of halogens is 2. The average Bonchev–Trinajstić information content (AvgIpc) is 2.43. The van der Waals surface area contributed by atoms with E-state index in [9.17, 15) is 13.6 Å². The molecular formula is C15H20F2NO2+. The van der Waals surface area contributed by atoms with E-state index in [-0.39, 0.29) is 12.0 Å². The van der Waals surface area contributed by atoms with Crippen molar-refractivity contribution in [3.8, 4) is 0 Å². The number of benzene rings is 1. The Bertz CT molecular complexity index is 479. The van der Waals surface area contributed by atoms with Gasteiger partial charge in [-0.15, -0.1) is 0 Å². The highest BCUT2D eigenvalue weighted by Crippen LogP contribution is 2.10. The number of carbonyl (C=O) groups is 1. The zero-order valence-corrected chi connectivity index (χ0v) is 11.6. The fourth-order valence-electron chi connectivity index (χ4n) is 2.73. The largest absolute Gasteiger partial charge is 0.462 e. The van der Waals surface area contributed by atoms with Crippen LogP contribution in [0.1, 0.15) is 31.7 Å². The third-order valence-corrected chi connectivity index (χ3v) is 3.74. The minimum Gasteiger partial charge on any atom is -0.462 e. The fourth-order valence-corrected chi connectivity index (χ4v) is 2.73. The van der Waals surface area contributed by atoms with E-state index in [1.54, 1.807) is 6.92 Å². The highest BCUT2D eigenvalue weighted by molar-refractivity contribution is 5.74. The van der Waals surface area contributed by atoms with E-state index in [0.717, 1.165) is 36.8 Å². The third kappa shape index (κ3) is 3.54. The van der Waals surface area contributed by atoms with Crippen LogP contribution in [0.4, 0.5) is 8.78 Å². The van der Waals surface area contributed by atoms with E-state index >= 15 is 0 Å². The van der Waals surface area contributed by atoms with E-state index in [1.165, 1.54) is 12.1 Å². The lowest BCUT2D eigenvalue weighted by Crippen LogP contribution is -3.16. The van der Waals surface area contributed by atoms with Crippen molar-refractivity contribution in [3.05, 3.63) is 35.4 Å². The maximum absolute atomic E-state index is 13.7. The molecule has 1 aliphatic rings. The molecule has 3 nitrogen and oxygen atoms in total. The summed E-state index contributed by atoms with van der Waals surface area (Å²) in [7, 11) is 0. The maximum atomic E-state index is 13.7. The number of hydrogen-bond donors (Lipinski definition) is 1. The van der Waals surface area contributed by atoms with Crippen LogP contribution in [0, 0.1) is 11.6 Å². The minimum absolute atomic E-state index is 0.218. The summed E-state index contributed by atoms with van der Waals surface area (Å²) in [6.45, 7) is 3.32. The quantitative estimate of drug-likeness (QED) is 0.849. The van der Waals surface area contributed by atoms with Crippen molar-refractivity contribution >= 4 is 5.97 Å². The summed E-state index contributed by atoms with van der Waals surface area (Å²) in [5.74, 6) is -1.35. The molecule has 5 heteroatoms. The van der Waals surface area contributed by atoms with Gasteiger partial charge in [0.1, 0.15) is 18.2 Å². The van der Waals surface area contributed by atoms with Crippen LogP contribution in [-0.4, -0.2) is 25.2 Å². The van der Waals surface area contributed by atoms with Gasteiger partial charge >= 0.3 is 5.97 Å². The van der Waals surface area contributed by atoms with Crippen molar-refractivity contribution in [2.24, 2.45) is 0 Å². The number of likely N-dealkylation sites (tertiary alicyclic amines) is 1. The van der Waals surface area contributed by atoms with Crippen LogP contribution in [0.2, 0.25) is 0 Å². The Morgan fingerprint density at radius 2 is 2.20 bits per heavy atom. The van der Waals surface area contributed by atoms with Crippen molar-refractivity contribution in [3.63, 3.8) is 0 Å². The van der Waals surface area contributed by atoms with E-state index in [4.69, 9.17) is 4.74 Å². The van der Waals surface area contributed by atoms with Crippen molar-refractivity contribution in [1.29, 1.82) is 0 Å². The molecule has 0 bridgehead atoms. The summed E-state index contributed by atoms with van der Waals surface area (Å²) in [6, 6.07) is 3.35. The predicted molar refractivity (Wildman–Crippen MR) is 70.2 cm³/mol. The Balaban J connectivity index is 2.10. The number of carbonyl (C=O) groups excluding carboxylic acids is 1. The normalized spacial score (nSPS) is 22.6. The smallest absolute Gasteiger partial charge is 0.364 e. The van der Waals surface area contributed by atoms with E-state index in [1.807, 2.05) is 0 Å². The van der Waals surface area contributed by atoms with Gasteiger partial charge in [-0.25, -0.2) is 13.6 Å². The SMILES string of the molecule is CCOC(=O)[C@H]1CCCC[NH+]1Cc1ccc(F)cc1F. The first-order valence-electron chi connectivity index (χ1n) is 7.07. The topological polar surface area (TPSA) is 30.7 Å². The van der Waals surface area contributed by atoms with Gasteiger partial charge in [-0.1, -0.05) is 0 Å². The highest BCUT2D eigenvalue weighted by Gasteiger charge is 2.34. The number of piperidine rings is 1. The van der Waals surface area contributed by atoms with Crippen LogP contribution in [0.3, 0.4) is 0 Å². The second-order valence-corrected chi connectivity index (χ2v) is 5.12. The van der Waals surface area contributed by atoms with Gasteiger partial charge in [0.2, 0.25) is 0 Å². The molecule has 2 rings (SSSR count). The van der Waals surface area contributed by atoms with E-state index in [2.05, 4.69) is 0 Å². The summed E-state index contributed by atoms with van der Waals surface area (Å²) < 4.78 is 31.7. The van der Waals surface area contributed by atoms with E-state index < -0.39 is 11.6 Å². The lowest BCUT2D eigenvalue weighted by molar-refractivity contribution is -0.935. The zero-order valence-electron chi connectivity index (χ0n) is 11.6. The van der Waals surface area contributed by atoms with Crippen LogP contribution < -0.4 is 4.90 Å². The number of hydrogen-bond acceptors (Lipinski definition) is 2. The standard InChI is InChI=1S/C15H19F2NO2/c1-2-20-15(19)14-5-3-4-8-18(14)10-11-6-7-12(16)9-13(11)17/h6-7,9,14H,2-5,8,10H2,1H3/p+1/t14-/m1/s1. The molecule has 2 atom stereocenters. The van der Waals surface area contributed by atoms with Crippen LogP contribution in [-0.2, 0) is 16.1 Å². The fraction of sp³-hybridized carbons (Fsp3) is 0.533. The molecular weight excluding hydrogens is 264 g/mol. The summed E-state index contributed by atoms with van der Waals surface area (Å²) in [6.07, 6.45) is 2.75. The average molecular weight is 284 g/mol. The van der Waals surface area contributed by atoms with Crippen LogP contribution in [0.15, 0.2) is 18.2 Å². The number of ether oxygens (including phenoxy) is 1. The van der Waals surface area contributed by atoms with Gasteiger partial charge in [-0.2, -0.15) is 0 Å². The van der Waals surface area contributed by atoms with Gasteiger partial charge in [0.15, 0.2) is 6.04 Å². The molecule has 1 aromatic carbocycles. The molecule has 0 spiro atoms. The molecule has 1 heterocycles. The van der Waals surface area contributed by atoms with Crippen molar-refractivity contribution in [1.82, 2.24) is 0 Å². The Labute approximate surface area is 117 Å². The molecule has 0 amide bonds. The van der Waals surface area contributed by atoms with Crippen molar-refractivity contribution in [2.45, 2.75) is 38.8 Å². The molecule has 1 saturated heterocycles. The minimum atomic E-state index is -0.582. The summed E-state index contributed by atoms with van der Waals surface area (Å²) >= 11 is 0. The lowest BCUT2D eigenvalue weighted by atomic mass is 10.0. The van der Waals surface area contributed by atoms with Crippen LogP contribution in [0.25, 0.3) is 0 Å². The van der Waals surface area contributed by atoms with Gasteiger partial charge < -0.3 is 9.64 Å². The maximum Gasteiger partial charge on any atom is 0.364 e. The monoisotopic (exact) mass is 284 g/mol. The molecule has 110 valence electrons.